The molecular formula is C18H25N3O3. The number of carbonyl (C=O) groups excluding carboxylic acids is 1. The minimum Gasteiger partial charge on any atom is -0.507 e. The highest BCUT2D eigenvalue weighted by atomic mass is 16.3. The van der Waals surface area contributed by atoms with Crippen LogP contribution >= 0.6 is 0 Å². The number of aliphatic hydroxyl groups is 2. The van der Waals surface area contributed by atoms with Gasteiger partial charge in [-0.3, -0.25) is 4.79 Å². The Bertz CT molecular complexity index is 651. The molecular weight excluding hydrogens is 306 g/mol. The van der Waals surface area contributed by atoms with E-state index < -0.39 is 12.1 Å². The largest absolute Gasteiger partial charge is 0.507 e. The predicted octanol–water partition coefficient (Wildman–Crippen LogP) is 2.20. The highest BCUT2D eigenvalue weighted by molar-refractivity contribution is 6.03. The van der Waals surface area contributed by atoms with Gasteiger partial charge in [0.05, 0.1) is 5.56 Å². The zero-order valence-corrected chi connectivity index (χ0v) is 14.2. The lowest BCUT2D eigenvalue weighted by Crippen LogP contribution is -2.47. The van der Waals surface area contributed by atoms with Crippen LogP contribution in [0.25, 0.3) is 5.76 Å². The van der Waals surface area contributed by atoms with E-state index in [0.29, 0.717) is 23.8 Å². The fraction of sp³-hybridized carbons (Fsp3) is 0.556. The molecule has 1 aliphatic carbocycles. The van der Waals surface area contributed by atoms with Crippen molar-refractivity contribution < 1.29 is 15.0 Å². The van der Waals surface area contributed by atoms with Crippen molar-refractivity contribution in [1.82, 2.24) is 10.3 Å². The van der Waals surface area contributed by atoms with Crippen molar-refractivity contribution in [3.05, 3.63) is 29.5 Å². The normalized spacial score (nSPS) is 27.0. The van der Waals surface area contributed by atoms with Gasteiger partial charge < -0.3 is 20.4 Å². The van der Waals surface area contributed by atoms with E-state index >= 15 is 0 Å². The van der Waals surface area contributed by atoms with Crippen LogP contribution in [-0.4, -0.2) is 39.9 Å². The van der Waals surface area contributed by atoms with Crippen LogP contribution in [0, 0.1) is 5.92 Å². The minimum absolute atomic E-state index is 0.0102. The maximum absolute atomic E-state index is 12.7. The predicted molar refractivity (Wildman–Crippen MR) is 92.4 cm³/mol. The van der Waals surface area contributed by atoms with Gasteiger partial charge in [-0.15, -0.1) is 0 Å². The molecule has 0 aromatic carbocycles. The first-order valence-corrected chi connectivity index (χ1v) is 8.67. The van der Waals surface area contributed by atoms with Crippen LogP contribution in [0.5, 0.6) is 0 Å². The topological polar surface area (TPSA) is 85.7 Å². The number of nitrogens with zero attached hydrogens (tertiary/aromatic N) is 2. The van der Waals surface area contributed by atoms with E-state index in [0.717, 1.165) is 25.7 Å². The first kappa shape index (κ1) is 16.8. The molecule has 1 atom stereocenters. The zero-order chi connectivity index (χ0) is 17.3. The Morgan fingerprint density at radius 3 is 2.75 bits per heavy atom. The number of amides is 1. The zero-order valence-electron chi connectivity index (χ0n) is 14.2. The van der Waals surface area contributed by atoms with Crippen LogP contribution in [0.4, 0.5) is 5.82 Å². The highest BCUT2D eigenvalue weighted by Crippen LogP contribution is 2.34. The summed E-state index contributed by atoms with van der Waals surface area (Å²) in [5.41, 5.74) is 0.489. The average Bonchev–Trinajstić information content (AvgIpc) is 2.57. The summed E-state index contributed by atoms with van der Waals surface area (Å²) in [4.78, 5) is 18.6. The second kappa shape index (κ2) is 6.81. The third-order valence-electron chi connectivity index (χ3n) is 5.06. The molecule has 1 aromatic rings. The maximum atomic E-state index is 12.7. The molecule has 1 aliphatic heterocycles. The van der Waals surface area contributed by atoms with Crippen LogP contribution < -0.4 is 10.2 Å². The summed E-state index contributed by atoms with van der Waals surface area (Å²) in [6.07, 6.45) is 4.47. The molecule has 1 saturated carbocycles. The van der Waals surface area contributed by atoms with Crippen molar-refractivity contribution >= 4 is 17.5 Å². The van der Waals surface area contributed by atoms with Gasteiger partial charge in [0, 0.05) is 18.8 Å². The molecule has 130 valence electrons. The monoisotopic (exact) mass is 331 g/mol. The summed E-state index contributed by atoms with van der Waals surface area (Å²) >= 11 is 0. The second-order valence-corrected chi connectivity index (χ2v) is 6.73. The van der Waals surface area contributed by atoms with Crippen LogP contribution in [-0.2, 0) is 4.79 Å². The smallest absolute Gasteiger partial charge is 0.255 e. The summed E-state index contributed by atoms with van der Waals surface area (Å²) in [7, 11) is 0. The summed E-state index contributed by atoms with van der Waals surface area (Å²) < 4.78 is 0. The molecule has 24 heavy (non-hydrogen) atoms. The van der Waals surface area contributed by atoms with Crippen molar-refractivity contribution in [3.63, 3.8) is 0 Å². The minimum atomic E-state index is -1.19. The first-order valence-electron chi connectivity index (χ1n) is 8.67. The lowest BCUT2D eigenvalue weighted by Gasteiger charge is -2.35. The van der Waals surface area contributed by atoms with Crippen molar-refractivity contribution in [3.8, 4) is 0 Å². The molecule has 0 bridgehead atoms. The Kier molecular flexibility index (Phi) is 4.76. The number of hydrogen-bond acceptors (Lipinski definition) is 5. The van der Waals surface area contributed by atoms with Gasteiger partial charge in [0.15, 0.2) is 6.23 Å². The Balaban J connectivity index is 1.87. The molecule has 0 radical (unpaired) electrons. The molecule has 3 rings (SSSR count). The van der Waals surface area contributed by atoms with Gasteiger partial charge in [-0.25, -0.2) is 4.98 Å². The molecule has 6 nitrogen and oxygen atoms in total. The molecule has 3 N–H and O–H groups in total. The molecule has 1 fully saturated rings. The number of nitrogens with one attached hydrogen (secondary N) is 1. The number of pyridine rings is 1. The number of aromatic nitrogens is 1. The number of aliphatic hydroxyl groups excluding tert-OH is 2. The first-order chi connectivity index (χ1) is 11.5. The van der Waals surface area contributed by atoms with Crippen molar-refractivity contribution in [2.75, 3.05) is 11.4 Å². The Morgan fingerprint density at radius 2 is 2.08 bits per heavy atom. The van der Waals surface area contributed by atoms with Gasteiger partial charge in [-0.1, -0.05) is 6.92 Å². The Labute approximate surface area is 142 Å². The van der Waals surface area contributed by atoms with Gasteiger partial charge in [-0.05, 0) is 50.7 Å². The van der Waals surface area contributed by atoms with Crippen LogP contribution in [0.15, 0.2) is 23.9 Å². The van der Waals surface area contributed by atoms with E-state index in [1.165, 1.54) is 0 Å². The highest BCUT2D eigenvalue weighted by Gasteiger charge is 2.36. The van der Waals surface area contributed by atoms with Gasteiger partial charge in [0.2, 0.25) is 0 Å². The summed E-state index contributed by atoms with van der Waals surface area (Å²) in [6.45, 7) is 4.58. The van der Waals surface area contributed by atoms with E-state index in [4.69, 9.17) is 0 Å². The summed E-state index contributed by atoms with van der Waals surface area (Å²) in [6, 6.07) is 3.52. The molecule has 0 spiro atoms. The lowest BCUT2D eigenvalue weighted by atomic mass is 9.87. The molecule has 0 saturated heterocycles. The Morgan fingerprint density at radius 1 is 1.38 bits per heavy atom. The standard InChI is InChI=1S/C18H25N3O3/c1-3-21-16-13(5-4-10-19-16)15(22)14(18(21)24)17(23)20-12-8-6-11(2)7-9-12/h4-5,10-12,18,22,24H,3,6-9H2,1-2H3,(H,20,23). The van der Waals surface area contributed by atoms with E-state index in [2.05, 4.69) is 17.2 Å². The quantitative estimate of drug-likeness (QED) is 0.790. The van der Waals surface area contributed by atoms with Crippen molar-refractivity contribution in [1.29, 1.82) is 0 Å². The SMILES string of the molecule is CCN1c2ncccc2C(O)=C(C(=O)NC2CCC(C)CC2)C1O. The number of likely N-dealkylation sites (N-methyl/N-ethyl adjacent to an activating group) is 1. The fourth-order valence-electron chi connectivity index (χ4n) is 3.56. The summed E-state index contributed by atoms with van der Waals surface area (Å²) in [5.74, 6) is 0.608. The van der Waals surface area contributed by atoms with Crippen LogP contribution in [0.2, 0.25) is 0 Å². The molecule has 2 heterocycles. The van der Waals surface area contributed by atoms with Gasteiger partial charge >= 0.3 is 0 Å². The van der Waals surface area contributed by atoms with E-state index in [1.54, 1.807) is 23.2 Å². The van der Waals surface area contributed by atoms with E-state index in [9.17, 15) is 15.0 Å². The third kappa shape index (κ3) is 2.98. The molecule has 1 unspecified atom stereocenters. The average molecular weight is 331 g/mol. The lowest BCUT2D eigenvalue weighted by molar-refractivity contribution is -0.119. The third-order valence-corrected chi connectivity index (χ3v) is 5.06. The summed E-state index contributed by atoms with van der Waals surface area (Å²) in [5, 5.41) is 24.1. The van der Waals surface area contributed by atoms with Gasteiger partial charge in [0.25, 0.3) is 5.91 Å². The molecule has 2 aliphatic rings. The number of rotatable bonds is 3. The van der Waals surface area contributed by atoms with E-state index in [-0.39, 0.29) is 17.4 Å². The second-order valence-electron chi connectivity index (χ2n) is 6.73. The molecule has 6 heteroatoms. The van der Waals surface area contributed by atoms with Gasteiger partial charge in [-0.2, -0.15) is 0 Å². The number of carbonyl (C=O) groups is 1. The molecule has 1 aromatic heterocycles. The van der Waals surface area contributed by atoms with Crippen LogP contribution in [0.1, 0.15) is 45.1 Å². The van der Waals surface area contributed by atoms with Crippen LogP contribution in [0.3, 0.4) is 0 Å². The number of fused-ring (bicyclic) bond motifs is 1. The Hall–Kier alpha value is -2.08. The number of hydrogen-bond donors (Lipinski definition) is 3. The molecule has 1 amide bonds. The van der Waals surface area contributed by atoms with Crippen molar-refractivity contribution in [2.24, 2.45) is 5.92 Å². The van der Waals surface area contributed by atoms with E-state index in [1.807, 2.05) is 6.92 Å². The van der Waals surface area contributed by atoms with Gasteiger partial charge in [0.1, 0.15) is 17.2 Å². The number of anilines is 1. The maximum Gasteiger partial charge on any atom is 0.255 e. The fourth-order valence-corrected chi connectivity index (χ4v) is 3.56. The van der Waals surface area contributed by atoms with Crippen molar-refractivity contribution in [2.45, 2.75) is 51.8 Å².